The summed E-state index contributed by atoms with van der Waals surface area (Å²) in [6.45, 7) is 2.37. The zero-order chi connectivity index (χ0) is 13.5. The van der Waals surface area contributed by atoms with Gasteiger partial charge in [0.2, 0.25) is 0 Å². The van der Waals surface area contributed by atoms with Crippen molar-refractivity contribution in [1.82, 2.24) is 4.90 Å². The first-order valence-corrected chi connectivity index (χ1v) is 6.93. The van der Waals surface area contributed by atoms with E-state index in [1.54, 1.807) is 12.1 Å². The first-order chi connectivity index (χ1) is 9.03. The Morgan fingerprint density at radius 1 is 1.37 bits per heavy atom. The number of hydrogen-bond acceptors (Lipinski definition) is 2. The monoisotopic (exact) mass is 287 g/mol. The van der Waals surface area contributed by atoms with Crippen LogP contribution in [0.4, 0.5) is 8.78 Å². The van der Waals surface area contributed by atoms with Crippen LogP contribution in [0, 0.1) is 5.92 Å². The standard InChI is InChI=1S/C14H16ClF2NO/c15-11-2-1-3-12(6-11)19-13-8-18(9-13)5-4-10-7-14(10,16)17/h1-3,6,10,13H,4-5,7-9H2. The molecule has 3 rings (SSSR count). The molecule has 1 aromatic carbocycles. The molecule has 1 saturated heterocycles. The van der Waals surface area contributed by atoms with Gasteiger partial charge in [-0.05, 0) is 31.2 Å². The minimum absolute atomic E-state index is 0.0727. The molecule has 0 N–H and O–H groups in total. The molecular formula is C14H16ClF2NO. The second-order valence-corrected chi connectivity index (χ2v) is 5.84. The average molecular weight is 288 g/mol. The molecule has 2 aliphatic rings. The summed E-state index contributed by atoms with van der Waals surface area (Å²) in [4.78, 5) is 2.16. The fourth-order valence-corrected chi connectivity index (χ4v) is 2.61. The quantitative estimate of drug-likeness (QED) is 0.822. The smallest absolute Gasteiger partial charge is 0.251 e. The minimum Gasteiger partial charge on any atom is -0.488 e. The van der Waals surface area contributed by atoms with Gasteiger partial charge in [0, 0.05) is 30.5 Å². The molecule has 2 fully saturated rings. The molecule has 0 radical (unpaired) electrons. The Hall–Kier alpha value is -0.870. The van der Waals surface area contributed by atoms with E-state index in [4.69, 9.17) is 16.3 Å². The van der Waals surface area contributed by atoms with Crippen molar-refractivity contribution >= 4 is 11.6 Å². The van der Waals surface area contributed by atoms with E-state index in [-0.39, 0.29) is 18.4 Å². The topological polar surface area (TPSA) is 12.5 Å². The average Bonchev–Trinajstić information content (AvgIpc) is 2.89. The minimum atomic E-state index is -2.39. The van der Waals surface area contributed by atoms with E-state index in [1.165, 1.54) is 0 Å². The number of nitrogens with zero attached hydrogens (tertiary/aromatic N) is 1. The third-order valence-electron chi connectivity index (χ3n) is 3.77. The van der Waals surface area contributed by atoms with Gasteiger partial charge in [0.05, 0.1) is 0 Å². The number of hydrogen-bond donors (Lipinski definition) is 0. The van der Waals surface area contributed by atoms with Crippen LogP contribution in [0.1, 0.15) is 12.8 Å². The van der Waals surface area contributed by atoms with Crippen molar-refractivity contribution in [3.8, 4) is 5.75 Å². The SMILES string of the molecule is FC1(F)CC1CCN1CC(Oc2cccc(Cl)c2)C1. The molecule has 0 aromatic heterocycles. The Bertz CT molecular complexity index is 463. The van der Waals surface area contributed by atoms with E-state index in [9.17, 15) is 8.78 Å². The Kier molecular flexibility index (Phi) is 3.39. The van der Waals surface area contributed by atoms with Crippen molar-refractivity contribution in [3.63, 3.8) is 0 Å². The lowest BCUT2D eigenvalue weighted by molar-refractivity contribution is 0.0150. The zero-order valence-corrected chi connectivity index (χ0v) is 11.2. The van der Waals surface area contributed by atoms with Crippen molar-refractivity contribution in [2.45, 2.75) is 24.9 Å². The van der Waals surface area contributed by atoms with Crippen LogP contribution in [-0.4, -0.2) is 36.6 Å². The number of benzene rings is 1. The van der Waals surface area contributed by atoms with Crippen LogP contribution in [0.25, 0.3) is 0 Å². The van der Waals surface area contributed by atoms with Crippen LogP contribution in [0.3, 0.4) is 0 Å². The van der Waals surface area contributed by atoms with Crippen LogP contribution in [0.5, 0.6) is 5.75 Å². The largest absolute Gasteiger partial charge is 0.488 e. The predicted octanol–water partition coefficient (Wildman–Crippen LogP) is 3.45. The summed E-state index contributed by atoms with van der Waals surface area (Å²) >= 11 is 5.87. The molecule has 1 aromatic rings. The van der Waals surface area contributed by atoms with Gasteiger partial charge in [-0.25, -0.2) is 8.78 Å². The number of ether oxygens (including phenoxy) is 1. The van der Waals surface area contributed by atoms with E-state index in [0.29, 0.717) is 11.4 Å². The first kappa shape index (κ1) is 13.1. The van der Waals surface area contributed by atoms with Gasteiger partial charge in [0.25, 0.3) is 5.92 Å². The molecule has 1 aliphatic heterocycles. The molecule has 0 bridgehead atoms. The zero-order valence-electron chi connectivity index (χ0n) is 10.5. The summed E-state index contributed by atoms with van der Waals surface area (Å²) in [5.74, 6) is -2.01. The van der Waals surface area contributed by atoms with Gasteiger partial charge in [0.15, 0.2) is 0 Å². The summed E-state index contributed by atoms with van der Waals surface area (Å²) in [5.41, 5.74) is 0. The molecule has 1 unspecified atom stereocenters. The van der Waals surface area contributed by atoms with Gasteiger partial charge in [0.1, 0.15) is 11.9 Å². The van der Waals surface area contributed by atoms with Crippen LogP contribution in [0.2, 0.25) is 5.02 Å². The predicted molar refractivity (Wildman–Crippen MR) is 70.0 cm³/mol. The highest BCUT2D eigenvalue weighted by Gasteiger charge is 2.56. The molecule has 2 nitrogen and oxygen atoms in total. The molecule has 1 saturated carbocycles. The molecule has 1 atom stereocenters. The molecule has 1 heterocycles. The second-order valence-electron chi connectivity index (χ2n) is 5.41. The van der Waals surface area contributed by atoms with Crippen LogP contribution < -0.4 is 4.74 Å². The van der Waals surface area contributed by atoms with Crippen molar-refractivity contribution in [3.05, 3.63) is 29.3 Å². The molecule has 19 heavy (non-hydrogen) atoms. The highest BCUT2D eigenvalue weighted by Crippen LogP contribution is 2.50. The van der Waals surface area contributed by atoms with Crippen LogP contribution in [0.15, 0.2) is 24.3 Å². The highest BCUT2D eigenvalue weighted by molar-refractivity contribution is 6.30. The Morgan fingerprint density at radius 3 is 2.74 bits per heavy atom. The first-order valence-electron chi connectivity index (χ1n) is 6.55. The van der Waals surface area contributed by atoms with Crippen molar-refractivity contribution < 1.29 is 13.5 Å². The number of alkyl halides is 2. The maximum atomic E-state index is 12.7. The molecule has 0 spiro atoms. The molecule has 1 aliphatic carbocycles. The van der Waals surface area contributed by atoms with E-state index >= 15 is 0 Å². The third kappa shape index (κ3) is 3.18. The van der Waals surface area contributed by atoms with Gasteiger partial charge in [-0.1, -0.05) is 17.7 Å². The summed E-state index contributed by atoms with van der Waals surface area (Å²) < 4.78 is 31.2. The van der Waals surface area contributed by atoms with E-state index < -0.39 is 5.92 Å². The van der Waals surface area contributed by atoms with E-state index in [2.05, 4.69) is 4.90 Å². The summed E-state index contributed by atoms with van der Waals surface area (Å²) in [6, 6.07) is 7.31. The normalized spacial score (nSPS) is 25.9. The molecular weight excluding hydrogens is 272 g/mol. The lowest BCUT2D eigenvalue weighted by Crippen LogP contribution is -2.53. The molecule has 0 amide bonds. The highest BCUT2D eigenvalue weighted by atomic mass is 35.5. The fraction of sp³-hybridized carbons (Fsp3) is 0.571. The Labute approximate surface area is 116 Å². The molecule has 5 heteroatoms. The Balaban J connectivity index is 1.36. The maximum absolute atomic E-state index is 12.7. The van der Waals surface area contributed by atoms with Gasteiger partial charge in [-0.2, -0.15) is 0 Å². The lowest BCUT2D eigenvalue weighted by atomic mass is 10.1. The fourth-order valence-electron chi connectivity index (χ4n) is 2.43. The van der Waals surface area contributed by atoms with Gasteiger partial charge < -0.3 is 4.74 Å². The van der Waals surface area contributed by atoms with Crippen molar-refractivity contribution in [2.75, 3.05) is 19.6 Å². The lowest BCUT2D eigenvalue weighted by Gasteiger charge is -2.39. The van der Waals surface area contributed by atoms with Crippen LogP contribution in [-0.2, 0) is 0 Å². The van der Waals surface area contributed by atoms with Gasteiger partial charge in [-0.15, -0.1) is 0 Å². The summed E-state index contributed by atoms with van der Waals surface area (Å²) in [6.07, 6.45) is 0.818. The van der Waals surface area contributed by atoms with E-state index in [0.717, 1.165) is 25.4 Å². The summed E-state index contributed by atoms with van der Waals surface area (Å²) in [5, 5.41) is 0.657. The maximum Gasteiger partial charge on any atom is 0.251 e. The van der Waals surface area contributed by atoms with E-state index in [1.807, 2.05) is 12.1 Å². The van der Waals surface area contributed by atoms with Crippen molar-refractivity contribution in [2.24, 2.45) is 5.92 Å². The van der Waals surface area contributed by atoms with Crippen molar-refractivity contribution in [1.29, 1.82) is 0 Å². The number of likely N-dealkylation sites (tertiary alicyclic amines) is 1. The van der Waals surface area contributed by atoms with Gasteiger partial charge >= 0.3 is 0 Å². The third-order valence-corrected chi connectivity index (χ3v) is 4.01. The second kappa shape index (κ2) is 4.91. The van der Waals surface area contributed by atoms with Crippen LogP contribution >= 0.6 is 11.6 Å². The molecule has 104 valence electrons. The number of halogens is 3. The van der Waals surface area contributed by atoms with Gasteiger partial charge in [-0.3, -0.25) is 4.90 Å². The Morgan fingerprint density at radius 2 is 2.11 bits per heavy atom. The summed E-state index contributed by atoms with van der Waals surface area (Å²) in [7, 11) is 0. The number of rotatable bonds is 5.